The van der Waals surface area contributed by atoms with Crippen molar-refractivity contribution in [3.05, 3.63) is 33.3 Å². The Bertz CT molecular complexity index is 457. The fourth-order valence-electron chi connectivity index (χ4n) is 3.45. The molecule has 1 aromatic rings. The minimum atomic E-state index is 0. The van der Waals surface area contributed by atoms with Crippen LogP contribution in [0.4, 0.5) is 0 Å². The third-order valence-electron chi connectivity index (χ3n) is 4.50. The number of rotatable bonds is 3. The number of fused-ring (bicyclic) bond motifs is 2. The van der Waals surface area contributed by atoms with Crippen LogP contribution in [0.1, 0.15) is 31.2 Å². The van der Waals surface area contributed by atoms with Gasteiger partial charge < -0.3 is 5.32 Å². The summed E-state index contributed by atoms with van der Waals surface area (Å²) in [5.74, 6) is 0. The van der Waals surface area contributed by atoms with Crippen molar-refractivity contribution in [2.45, 2.75) is 50.4 Å². The lowest BCUT2D eigenvalue weighted by atomic mass is 9.98. The van der Waals surface area contributed by atoms with Crippen molar-refractivity contribution in [1.29, 1.82) is 0 Å². The smallest absolute Gasteiger partial charge is 0.0410 e. The largest absolute Gasteiger partial charge is 0.311 e. The molecule has 1 aromatic carbocycles. The number of piperidine rings is 1. The van der Waals surface area contributed by atoms with Gasteiger partial charge >= 0.3 is 0 Å². The number of halogens is 3. The van der Waals surface area contributed by atoms with Crippen LogP contribution in [0.3, 0.4) is 0 Å². The Morgan fingerprint density at radius 2 is 1.95 bits per heavy atom. The molecule has 0 spiro atoms. The van der Waals surface area contributed by atoms with E-state index in [1.807, 2.05) is 12.1 Å². The van der Waals surface area contributed by atoms with E-state index < -0.39 is 0 Å². The van der Waals surface area contributed by atoms with Gasteiger partial charge in [0.1, 0.15) is 0 Å². The standard InChI is InChI=1S/C15H20BrClN2.ClH/c1-19(9-10-6-11(17)2-5-15(10)16)14-7-12-3-4-13(8-14)18-12;/h2,5-6,12-14,18H,3-4,7-9H2,1H3;1H. The summed E-state index contributed by atoms with van der Waals surface area (Å²) in [5.41, 5.74) is 1.28. The van der Waals surface area contributed by atoms with Crippen LogP contribution in [0.5, 0.6) is 0 Å². The summed E-state index contributed by atoms with van der Waals surface area (Å²) in [7, 11) is 2.24. The lowest BCUT2D eigenvalue weighted by Crippen LogP contribution is -2.46. The predicted octanol–water partition coefficient (Wildman–Crippen LogP) is 4.24. The van der Waals surface area contributed by atoms with Gasteiger partial charge in [0.05, 0.1) is 0 Å². The first-order valence-electron chi connectivity index (χ1n) is 7.02. The van der Waals surface area contributed by atoms with E-state index in [4.69, 9.17) is 11.6 Å². The van der Waals surface area contributed by atoms with Crippen molar-refractivity contribution in [2.75, 3.05) is 7.05 Å². The molecule has 0 radical (unpaired) electrons. The maximum atomic E-state index is 6.09. The Hall–Kier alpha value is 0.200. The summed E-state index contributed by atoms with van der Waals surface area (Å²) in [6.45, 7) is 0.964. The molecular weight excluding hydrogens is 359 g/mol. The summed E-state index contributed by atoms with van der Waals surface area (Å²) in [6, 6.07) is 8.22. The van der Waals surface area contributed by atoms with Gasteiger partial charge in [0, 0.05) is 34.2 Å². The van der Waals surface area contributed by atoms with E-state index in [2.05, 4.69) is 39.3 Å². The molecular formula is C15H21BrCl2N2. The normalized spacial score (nSPS) is 28.5. The highest BCUT2D eigenvalue weighted by Gasteiger charge is 2.34. The number of nitrogens with one attached hydrogen (secondary N) is 1. The van der Waals surface area contributed by atoms with E-state index in [0.717, 1.165) is 28.1 Å². The van der Waals surface area contributed by atoms with Crippen molar-refractivity contribution in [1.82, 2.24) is 10.2 Å². The second-order valence-corrected chi connectivity index (χ2v) is 7.20. The van der Waals surface area contributed by atoms with Crippen LogP contribution in [0.25, 0.3) is 0 Å². The Labute approximate surface area is 140 Å². The van der Waals surface area contributed by atoms with Crippen LogP contribution in [-0.2, 0) is 6.54 Å². The molecule has 2 heterocycles. The molecule has 112 valence electrons. The summed E-state index contributed by atoms with van der Waals surface area (Å²) in [6.07, 6.45) is 5.28. The van der Waals surface area contributed by atoms with Gasteiger partial charge in [-0.15, -0.1) is 12.4 Å². The predicted molar refractivity (Wildman–Crippen MR) is 90.8 cm³/mol. The third-order valence-corrected chi connectivity index (χ3v) is 5.51. The first kappa shape index (κ1) is 16.6. The van der Waals surface area contributed by atoms with E-state index in [0.29, 0.717) is 6.04 Å². The Kier molecular flexibility index (Phi) is 5.78. The second kappa shape index (κ2) is 6.97. The van der Waals surface area contributed by atoms with E-state index in [9.17, 15) is 0 Å². The highest BCUT2D eigenvalue weighted by atomic mass is 79.9. The van der Waals surface area contributed by atoms with Gasteiger partial charge in [-0.05, 0) is 56.5 Å². The van der Waals surface area contributed by atoms with Crippen molar-refractivity contribution < 1.29 is 0 Å². The maximum Gasteiger partial charge on any atom is 0.0410 e. The maximum absolute atomic E-state index is 6.09. The van der Waals surface area contributed by atoms with Crippen LogP contribution < -0.4 is 5.32 Å². The molecule has 0 aliphatic carbocycles. The highest BCUT2D eigenvalue weighted by Crippen LogP contribution is 2.31. The molecule has 0 saturated carbocycles. The third kappa shape index (κ3) is 3.69. The molecule has 1 N–H and O–H groups in total. The van der Waals surface area contributed by atoms with E-state index in [1.54, 1.807) is 0 Å². The fraction of sp³-hybridized carbons (Fsp3) is 0.600. The Balaban J connectivity index is 0.00000147. The summed E-state index contributed by atoms with van der Waals surface area (Å²) in [5, 5.41) is 4.52. The number of hydrogen-bond donors (Lipinski definition) is 1. The van der Waals surface area contributed by atoms with E-state index >= 15 is 0 Å². The van der Waals surface area contributed by atoms with Gasteiger partial charge in [-0.2, -0.15) is 0 Å². The van der Waals surface area contributed by atoms with Crippen molar-refractivity contribution in [3.63, 3.8) is 0 Å². The van der Waals surface area contributed by atoms with E-state index in [1.165, 1.54) is 31.2 Å². The lowest BCUT2D eigenvalue weighted by Gasteiger charge is -2.35. The topological polar surface area (TPSA) is 15.3 Å². The minimum absolute atomic E-state index is 0. The van der Waals surface area contributed by atoms with Crippen LogP contribution >= 0.6 is 39.9 Å². The number of nitrogens with zero attached hydrogens (tertiary/aromatic N) is 1. The average molecular weight is 380 g/mol. The van der Waals surface area contributed by atoms with Crippen molar-refractivity contribution in [2.24, 2.45) is 0 Å². The summed E-state index contributed by atoms with van der Waals surface area (Å²) >= 11 is 9.71. The molecule has 0 amide bonds. The lowest BCUT2D eigenvalue weighted by molar-refractivity contribution is 0.165. The van der Waals surface area contributed by atoms with Gasteiger partial charge in [-0.25, -0.2) is 0 Å². The van der Waals surface area contributed by atoms with Crippen LogP contribution in [0.15, 0.2) is 22.7 Å². The van der Waals surface area contributed by atoms with Crippen molar-refractivity contribution >= 4 is 39.9 Å². The zero-order valence-electron chi connectivity index (χ0n) is 11.6. The zero-order chi connectivity index (χ0) is 13.4. The SMILES string of the molecule is CN(Cc1cc(Cl)ccc1Br)C1CC2CCC(C1)N2.Cl. The Morgan fingerprint density at radius 1 is 1.30 bits per heavy atom. The molecule has 2 atom stereocenters. The van der Waals surface area contributed by atoms with Crippen LogP contribution in [0, 0.1) is 0 Å². The van der Waals surface area contributed by atoms with Crippen LogP contribution in [-0.4, -0.2) is 30.1 Å². The number of hydrogen-bond acceptors (Lipinski definition) is 2. The van der Waals surface area contributed by atoms with Gasteiger partial charge in [0.25, 0.3) is 0 Å². The number of benzene rings is 1. The molecule has 3 rings (SSSR count). The first-order chi connectivity index (χ1) is 9.11. The molecule has 2 fully saturated rings. The van der Waals surface area contributed by atoms with Crippen molar-refractivity contribution in [3.8, 4) is 0 Å². The summed E-state index contributed by atoms with van der Waals surface area (Å²) < 4.78 is 1.15. The second-order valence-electron chi connectivity index (χ2n) is 5.91. The van der Waals surface area contributed by atoms with Gasteiger partial charge in [0.15, 0.2) is 0 Å². The molecule has 2 aliphatic heterocycles. The monoisotopic (exact) mass is 378 g/mol. The first-order valence-corrected chi connectivity index (χ1v) is 8.19. The van der Waals surface area contributed by atoms with Gasteiger partial charge in [0.2, 0.25) is 0 Å². The quantitative estimate of drug-likeness (QED) is 0.844. The molecule has 2 nitrogen and oxygen atoms in total. The molecule has 5 heteroatoms. The molecule has 20 heavy (non-hydrogen) atoms. The molecule has 2 unspecified atom stereocenters. The average Bonchev–Trinajstić information content (AvgIpc) is 2.72. The Morgan fingerprint density at radius 3 is 2.60 bits per heavy atom. The molecule has 2 bridgehead atoms. The molecule has 2 saturated heterocycles. The zero-order valence-corrected chi connectivity index (χ0v) is 14.8. The fourth-order valence-corrected chi connectivity index (χ4v) is 4.02. The van der Waals surface area contributed by atoms with Gasteiger partial charge in [-0.3, -0.25) is 4.90 Å². The minimum Gasteiger partial charge on any atom is -0.311 e. The summed E-state index contributed by atoms with van der Waals surface area (Å²) in [4.78, 5) is 2.49. The van der Waals surface area contributed by atoms with E-state index in [-0.39, 0.29) is 12.4 Å². The van der Waals surface area contributed by atoms with Crippen LogP contribution in [0.2, 0.25) is 5.02 Å². The highest BCUT2D eigenvalue weighted by molar-refractivity contribution is 9.10. The van der Waals surface area contributed by atoms with Gasteiger partial charge in [-0.1, -0.05) is 27.5 Å². The molecule has 2 aliphatic rings. The molecule has 0 aromatic heterocycles.